The van der Waals surface area contributed by atoms with Crippen LogP contribution >= 0.6 is 12.4 Å². The van der Waals surface area contributed by atoms with E-state index >= 15 is 8.78 Å². The maximum Gasteiger partial charge on any atom is 0.418 e. The number of hydrogen-bond donors (Lipinski definition) is 2. The third-order valence-electron chi connectivity index (χ3n) is 9.65. The van der Waals surface area contributed by atoms with E-state index in [-0.39, 0.29) is 66.1 Å². The van der Waals surface area contributed by atoms with Crippen molar-refractivity contribution in [2.45, 2.75) is 69.0 Å². The maximum absolute atomic E-state index is 16.7. The number of anilines is 2. The summed E-state index contributed by atoms with van der Waals surface area (Å²) in [6, 6.07) is 0.955. The van der Waals surface area contributed by atoms with Crippen molar-refractivity contribution < 1.29 is 35.8 Å². The molecule has 6 heterocycles. The number of aryl methyl sites for hydroxylation is 1. The summed E-state index contributed by atoms with van der Waals surface area (Å²) in [6.07, 6.45) is -2.37. The van der Waals surface area contributed by atoms with Crippen LogP contribution in [-0.2, 0) is 6.18 Å². The van der Waals surface area contributed by atoms with Crippen molar-refractivity contribution in [3.05, 3.63) is 28.8 Å². The van der Waals surface area contributed by atoms with Crippen molar-refractivity contribution >= 4 is 34.9 Å². The van der Waals surface area contributed by atoms with Gasteiger partial charge in [-0.1, -0.05) is 0 Å². The van der Waals surface area contributed by atoms with Crippen molar-refractivity contribution in [1.29, 1.82) is 0 Å². The Morgan fingerprint density at radius 2 is 1.80 bits per heavy atom. The maximum atomic E-state index is 16.7. The quantitative estimate of drug-likeness (QED) is 0.342. The Hall–Kier alpha value is -3.30. The number of rotatable bonds is 6. The molecule has 3 N–H and O–H groups in total. The van der Waals surface area contributed by atoms with Gasteiger partial charge in [-0.15, -0.1) is 12.4 Å². The summed E-state index contributed by atoms with van der Waals surface area (Å²) >= 11 is 0. The number of hydrogen-bond acceptors (Lipinski definition) is 9. The molecule has 4 fully saturated rings. The van der Waals surface area contributed by atoms with Gasteiger partial charge in [-0.2, -0.15) is 23.1 Å². The zero-order valence-electron chi connectivity index (χ0n) is 25.2. The lowest BCUT2D eigenvalue weighted by molar-refractivity contribution is -0.137. The molecule has 4 atom stereocenters. The Balaban J connectivity index is 0.00000372. The number of piperazine rings is 1. The lowest BCUT2D eigenvalue weighted by atomic mass is 9.95. The standard InChI is InChI=1S/C30H33F6N7O2.ClH/c1-14-8-18(37)39-24(21(14)30(34,35)36)19-22(32)25-20(26(44-2)23(19)33)27(42-11-16-4-5-17(12-42)38-16)41-28(40-25)45-13-29-6-3-7-43(29)10-15(31)9-29;/h8,15-17,38H,3-7,9-13H2,1-2H3,(H2,37,39);1H/t15-,16?,17?,29+;/m1./s1. The number of nitrogens with zero attached hydrogens (tertiary/aromatic N) is 5. The molecule has 4 aliphatic rings. The molecule has 2 bridgehead atoms. The molecule has 2 aromatic heterocycles. The van der Waals surface area contributed by atoms with Crippen molar-refractivity contribution in [3.63, 3.8) is 0 Å². The zero-order valence-corrected chi connectivity index (χ0v) is 26.0. The van der Waals surface area contributed by atoms with Gasteiger partial charge in [0.1, 0.15) is 29.9 Å². The second-order valence-electron chi connectivity index (χ2n) is 12.6. The van der Waals surface area contributed by atoms with Crippen molar-refractivity contribution in [2.75, 3.05) is 50.5 Å². The molecule has 0 amide bonds. The molecule has 3 aromatic rings. The zero-order chi connectivity index (χ0) is 31.8. The summed E-state index contributed by atoms with van der Waals surface area (Å²) in [7, 11) is 1.14. The first-order chi connectivity index (χ1) is 21.4. The van der Waals surface area contributed by atoms with Crippen LogP contribution in [0.3, 0.4) is 0 Å². The smallest absolute Gasteiger partial charge is 0.418 e. The number of nitrogen functional groups attached to an aromatic ring is 1. The normalized spacial score (nSPS) is 26.0. The molecule has 250 valence electrons. The molecule has 7 rings (SSSR count). The van der Waals surface area contributed by atoms with E-state index in [2.05, 4.69) is 20.3 Å². The van der Waals surface area contributed by atoms with E-state index in [4.69, 9.17) is 15.2 Å². The average molecular weight is 674 g/mol. The molecule has 2 unspecified atom stereocenters. The minimum atomic E-state index is -5.01. The van der Waals surface area contributed by atoms with Gasteiger partial charge in [-0.05, 0) is 50.8 Å². The molecule has 0 radical (unpaired) electrons. The number of methoxy groups -OCH3 is 1. The number of pyridine rings is 1. The molecule has 0 aliphatic carbocycles. The Morgan fingerprint density at radius 1 is 1.09 bits per heavy atom. The van der Waals surface area contributed by atoms with E-state index in [9.17, 15) is 17.6 Å². The van der Waals surface area contributed by atoms with Gasteiger partial charge in [0.25, 0.3) is 0 Å². The first kappa shape index (κ1) is 32.6. The van der Waals surface area contributed by atoms with E-state index < -0.39 is 57.6 Å². The predicted octanol–water partition coefficient (Wildman–Crippen LogP) is 5.21. The van der Waals surface area contributed by atoms with Crippen LogP contribution in [0.4, 0.5) is 38.0 Å². The van der Waals surface area contributed by atoms with Crippen LogP contribution in [0.15, 0.2) is 6.07 Å². The van der Waals surface area contributed by atoms with Gasteiger partial charge in [0.15, 0.2) is 17.4 Å². The Kier molecular flexibility index (Phi) is 8.33. The third-order valence-corrected chi connectivity index (χ3v) is 9.65. The van der Waals surface area contributed by atoms with Crippen LogP contribution in [0.1, 0.15) is 43.2 Å². The second kappa shape index (κ2) is 11.7. The average Bonchev–Trinajstić information content (AvgIpc) is 3.61. The first-order valence-electron chi connectivity index (χ1n) is 15.0. The van der Waals surface area contributed by atoms with Gasteiger partial charge in [-0.3, -0.25) is 4.90 Å². The molecule has 46 heavy (non-hydrogen) atoms. The summed E-state index contributed by atoms with van der Waals surface area (Å²) in [6.45, 7) is 3.11. The summed E-state index contributed by atoms with van der Waals surface area (Å²) in [5.41, 5.74) is 0.950. The van der Waals surface area contributed by atoms with Crippen LogP contribution in [0, 0.1) is 18.6 Å². The highest BCUT2D eigenvalue weighted by molar-refractivity contribution is 5.99. The minimum Gasteiger partial charge on any atom is -0.493 e. The van der Waals surface area contributed by atoms with E-state index in [1.807, 2.05) is 9.80 Å². The molecular weight excluding hydrogens is 640 g/mol. The molecule has 4 saturated heterocycles. The number of ether oxygens (including phenoxy) is 2. The fourth-order valence-corrected chi connectivity index (χ4v) is 7.78. The molecule has 0 saturated carbocycles. The van der Waals surface area contributed by atoms with Crippen molar-refractivity contribution in [2.24, 2.45) is 0 Å². The highest BCUT2D eigenvalue weighted by atomic mass is 35.5. The fraction of sp³-hybridized carbons (Fsp3) is 0.567. The molecular formula is C30H34ClF6N7O2. The van der Waals surface area contributed by atoms with Gasteiger partial charge in [-0.25, -0.2) is 18.2 Å². The Bertz CT molecular complexity index is 1670. The van der Waals surface area contributed by atoms with Crippen LogP contribution < -0.4 is 25.4 Å². The fourth-order valence-electron chi connectivity index (χ4n) is 7.78. The molecule has 16 heteroatoms. The highest BCUT2D eigenvalue weighted by Gasteiger charge is 2.49. The molecule has 1 aromatic carbocycles. The van der Waals surface area contributed by atoms with E-state index in [0.29, 0.717) is 26.1 Å². The number of nitrogens with two attached hydrogens (primary N) is 1. The largest absolute Gasteiger partial charge is 0.493 e. The van der Waals surface area contributed by atoms with Gasteiger partial charge in [0.05, 0.1) is 34.9 Å². The summed E-state index contributed by atoms with van der Waals surface area (Å²) in [4.78, 5) is 16.6. The van der Waals surface area contributed by atoms with Gasteiger partial charge in [0, 0.05) is 38.1 Å². The molecule has 4 aliphatic heterocycles. The lowest BCUT2D eigenvalue weighted by Gasteiger charge is -2.35. The van der Waals surface area contributed by atoms with Gasteiger partial charge >= 0.3 is 12.2 Å². The Labute approximate surface area is 267 Å². The van der Waals surface area contributed by atoms with Crippen molar-refractivity contribution in [3.8, 4) is 23.0 Å². The number of halogens is 7. The number of fused-ring (bicyclic) bond motifs is 4. The van der Waals surface area contributed by atoms with Gasteiger partial charge in [0.2, 0.25) is 0 Å². The highest BCUT2D eigenvalue weighted by Crippen LogP contribution is 2.47. The van der Waals surface area contributed by atoms with E-state index in [0.717, 1.165) is 45.9 Å². The topological polar surface area (TPSA) is 102 Å². The number of aromatic nitrogens is 3. The van der Waals surface area contributed by atoms with E-state index in [1.165, 1.54) is 0 Å². The molecule has 0 spiro atoms. The van der Waals surface area contributed by atoms with Crippen LogP contribution in [0.5, 0.6) is 11.8 Å². The molecule has 9 nitrogen and oxygen atoms in total. The Morgan fingerprint density at radius 3 is 2.48 bits per heavy atom. The van der Waals surface area contributed by atoms with Gasteiger partial charge < -0.3 is 25.4 Å². The first-order valence-corrected chi connectivity index (χ1v) is 15.0. The SMILES string of the molecule is COc1c(F)c(-c2nc(N)cc(C)c2C(F)(F)F)c(F)c2nc(OC[C@@]34CCCN3C[C@H](F)C4)nc(N3CC4CCC(C3)N4)c12.Cl. The summed E-state index contributed by atoms with van der Waals surface area (Å²) < 4.78 is 102. The lowest BCUT2D eigenvalue weighted by Crippen LogP contribution is -2.51. The number of benzene rings is 1. The van der Waals surface area contributed by atoms with Crippen molar-refractivity contribution in [1.82, 2.24) is 25.2 Å². The third kappa shape index (κ3) is 5.33. The minimum absolute atomic E-state index is 0. The van der Waals surface area contributed by atoms with Crippen LogP contribution in [0.25, 0.3) is 22.2 Å². The number of nitrogens with one attached hydrogen (secondary N) is 1. The monoisotopic (exact) mass is 673 g/mol. The van der Waals surface area contributed by atoms with E-state index in [1.54, 1.807) is 0 Å². The van der Waals surface area contributed by atoms with Crippen LogP contribution in [-0.4, -0.2) is 83.5 Å². The summed E-state index contributed by atoms with van der Waals surface area (Å²) in [5, 5.41) is 3.36. The summed E-state index contributed by atoms with van der Waals surface area (Å²) in [5.74, 6) is -3.51. The van der Waals surface area contributed by atoms with Crippen LogP contribution in [0.2, 0.25) is 0 Å². The second-order valence-corrected chi connectivity index (χ2v) is 12.6. The number of alkyl halides is 4. The predicted molar refractivity (Wildman–Crippen MR) is 161 cm³/mol.